The molecule has 0 amide bonds. The zero-order valence-corrected chi connectivity index (χ0v) is 27.4. The summed E-state index contributed by atoms with van der Waals surface area (Å²) >= 11 is 0. The second-order valence-corrected chi connectivity index (χ2v) is 13.4. The van der Waals surface area contributed by atoms with E-state index in [1.807, 2.05) is 0 Å². The number of unbranched alkanes of at least 4 members (excludes halogenated alkanes) is 20. The quantitative estimate of drug-likeness (QED) is 0.0826. The molecule has 0 aliphatic rings. The summed E-state index contributed by atoms with van der Waals surface area (Å²) in [6.07, 6.45) is 39.5. The number of hydrogen-bond donors (Lipinski definition) is 0. The maximum Gasteiger partial charge on any atom is -0.0386 e. The Morgan fingerprint density at radius 2 is 0.649 bits per heavy atom. The summed E-state index contributed by atoms with van der Waals surface area (Å²) in [7, 11) is 0. The monoisotopic (exact) mass is 521 g/mol. The average molecular weight is 521 g/mol. The smallest absolute Gasteiger partial charge is 0.0386 e. The molecule has 0 N–H and O–H groups in total. The van der Waals surface area contributed by atoms with Gasteiger partial charge in [0.2, 0.25) is 0 Å². The van der Waals surface area contributed by atoms with E-state index in [9.17, 15) is 0 Å². The van der Waals surface area contributed by atoms with E-state index in [0.29, 0.717) is 0 Å². The predicted molar refractivity (Wildman–Crippen MR) is 173 cm³/mol. The largest absolute Gasteiger partial charge is 0.0654 e. The van der Waals surface area contributed by atoms with E-state index in [-0.39, 0.29) is 0 Å². The molecule has 0 fully saturated rings. The lowest BCUT2D eigenvalue weighted by molar-refractivity contribution is 0.214. The van der Waals surface area contributed by atoms with Gasteiger partial charge in [-0.3, -0.25) is 0 Å². The number of hydrogen-bond acceptors (Lipinski definition) is 0. The standard InChI is InChI=1S/C37H76/c1-7-10-12-13-14-15-16-17-18-19-20-21-22-23-24-25-26-27-29-32-37(35(5)30-9-3)33-36(6)34(4)31-28-11-8-2/h34-37H,7-33H2,1-6H3. The summed E-state index contributed by atoms with van der Waals surface area (Å²) in [6.45, 7) is 14.7. The van der Waals surface area contributed by atoms with E-state index < -0.39 is 0 Å². The zero-order valence-electron chi connectivity index (χ0n) is 27.4. The van der Waals surface area contributed by atoms with Gasteiger partial charge in [0.1, 0.15) is 0 Å². The van der Waals surface area contributed by atoms with Crippen molar-refractivity contribution in [3.05, 3.63) is 0 Å². The molecule has 0 rings (SSSR count). The van der Waals surface area contributed by atoms with Gasteiger partial charge >= 0.3 is 0 Å². The molecule has 0 nitrogen and oxygen atoms in total. The van der Waals surface area contributed by atoms with Crippen molar-refractivity contribution in [3.63, 3.8) is 0 Å². The molecule has 0 aliphatic carbocycles. The summed E-state index contributed by atoms with van der Waals surface area (Å²) in [4.78, 5) is 0. The fraction of sp³-hybridized carbons (Fsp3) is 1.00. The fourth-order valence-electron chi connectivity index (χ4n) is 6.52. The SMILES string of the molecule is CCCCCCCCCCCCCCCCCCCCCC(CC(C)C(C)CCCCC)C(C)CCC. The van der Waals surface area contributed by atoms with Crippen molar-refractivity contribution < 1.29 is 0 Å². The highest BCUT2D eigenvalue weighted by atomic mass is 14.3. The zero-order chi connectivity index (χ0) is 27.4. The van der Waals surface area contributed by atoms with Gasteiger partial charge < -0.3 is 0 Å². The molecule has 0 aromatic heterocycles. The van der Waals surface area contributed by atoms with Crippen LogP contribution in [0.5, 0.6) is 0 Å². The highest BCUT2D eigenvalue weighted by molar-refractivity contribution is 4.73. The van der Waals surface area contributed by atoms with Gasteiger partial charge in [-0.1, -0.05) is 208 Å². The van der Waals surface area contributed by atoms with Gasteiger partial charge in [-0.2, -0.15) is 0 Å². The first-order valence-electron chi connectivity index (χ1n) is 18.1. The second-order valence-electron chi connectivity index (χ2n) is 13.4. The Bertz CT molecular complexity index is 412. The topological polar surface area (TPSA) is 0 Å². The van der Waals surface area contributed by atoms with Crippen molar-refractivity contribution in [2.45, 2.75) is 215 Å². The van der Waals surface area contributed by atoms with Crippen molar-refractivity contribution in [3.8, 4) is 0 Å². The first kappa shape index (κ1) is 37.0. The Labute approximate surface area is 238 Å². The van der Waals surface area contributed by atoms with Crippen LogP contribution in [0.4, 0.5) is 0 Å². The van der Waals surface area contributed by atoms with Crippen LogP contribution in [0.3, 0.4) is 0 Å². The molecule has 0 aromatic rings. The summed E-state index contributed by atoms with van der Waals surface area (Å²) in [6, 6.07) is 0. The van der Waals surface area contributed by atoms with E-state index in [1.165, 1.54) is 173 Å². The minimum Gasteiger partial charge on any atom is -0.0654 e. The van der Waals surface area contributed by atoms with E-state index in [4.69, 9.17) is 0 Å². The Balaban J connectivity index is 3.69. The van der Waals surface area contributed by atoms with Gasteiger partial charge in [-0.15, -0.1) is 0 Å². The van der Waals surface area contributed by atoms with Crippen molar-refractivity contribution in [1.82, 2.24) is 0 Å². The first-order chi connectivity index (χ1) is 18.1. The van der Waals surface area contributed by atoms with Crippen LogP contribution in [0, 0.1) is 23.7 Å². The van der Waals surface area contributed by atoms with Crippen LogP contribution in [0.1, 0.15) is 215 Å². The fourth-order valence-corrected chi connectivity index (χ4v) is 6.52. The minimum atomic E-state index is 0.904. The number of rotatable bonds is 30. The maximum absolute atomic E-state index is 2.55. The lowest BCUT2D eigenvalue weighted by Gasteiger charge is -2.29. The van der Waals surface area contributed by atoms with Crippen molar-refractivity contribution in [1.29, 1.82) is 0 Å². The molecular formula is C37H76. The minimum absolute atomic E-state index is 0.904. The third kappa shape index (κ3) is 24.8. The molecular weight excluding hydrogens is 444 g/mol. The Morgan fingerprint density at radius 1 is 0.297 bits per heavy atom. The maximum atomic E-state index is 2.55. The van der Waals surface area contributed by atoms with Crippen molar-refractivity contribution >= 4 is 0 Å². The molecule has 0 radical (unpaired) electrons. The normalized spacial score (nSPS) is 15.1. The van der Waals surface area contributed by atoms with Gasteiger partial charge in [0, 0.05) is 0 Å². The van der Waals surface area contributed by atoms with E-state index >= 15 is 0 Å². The Morgan fingerprint density at radius 3 is 1.05 bits per heavy atom. The van der Waals surface area contributed by atoms with Gasteiger partial charge in [0.05, 0.1) is 0 Å². The molecule has 4 atom stereocenters. The molecule has 37 heavy (non-hydrogen) atoms. The molecule has 0 heterocycles. The van der Waals surface area contributed by atoms with Crippen LogP contribution in [0.15, 0.2) is 0 Å². The van der Waals surface area contributed by atoms with Crippen LogP contribution in [0.25, 0.3) is 0 Å². The first-order valence-corrected chi connectivity index (χ1v) is 18.1. The second kappa shape index (κ2) is 29.0. The van der Waals surface area contributed by atoms with Gasteiger partial charge in [0.25, 0.3) is 0 Å². The summed E-state index contributed by atoms with van der Waals surface area (Å²) in [5.74, 6) is 3.70. The van der Waals surface area contributed by atoms with Gasteiger partial charge in [0.15, 0.2) is 0 Å². The molecule has 0 aliphatic heterocycles. The van der Waals surface area contributed by atoms with Gasteiger partial charge in [-0.25, -0.2) is 0 Å². The Hall–Kier alpha value is 0. The molecule has 4 unspecified atom stereocenters. The molecule has 0 aromatic carbocycles. The summed E-state index contributed by atoms with van der Waals surface area (Å²) in [5.41, 5.74) is 0. The lowest BCUT2D eigenvalue weighted by atomic mass is 9.76. The van der Waals surface area contributed by atoms with Crippen LogP contribution in [-0.2, 0) is 0 Å². The van der Waals surface area contributed by atoms with Crippen LogP contribution < -0.4 is 0 Å². The Kier molecular flexibility index (Phi) is 29.0. The summed E-state index contributed by atoms with van der Waals surface area (Å²) in [5, 5.41) is 0. The van der Waals surface area contributed by atoms with E-state index in [1.54, 1.807) is 0 Å². The van der Waals surface area contributed by atoms with Crippen molar-refractivity contribution in [2.24, 2.45) is 23.7 Å². The highest BCUT2D eigenvalue weighted by Crippen LogP contribution is 2.33. The van der Waals surface area contributed by atoms with Crippen molar-refractivity contribution in [2.75, 3.05) is 0 Å². The highest BCUT2D eigenvalue weighted by Gasteiger charge is 2.22. The van der Waals surface area contributed by atoms with Gasteiger partial charge in [-0.05, 0) is 30.1 Å². The molecule has 224 valence electrons. The molecule has 0 spiro atoms. The molecule has 0 saturated carbocycles. The van der Waals surface area contributed by atoms with Crippen LogP contribution >= 0.6 is 0 Å². The van der Waals surface area contributed by atoms with Crippen LogP contribution in [0.2, 0.25) is 0 Å². The predicted octanol–water partition coefficient (Wildman–Crippen LogP) is 14.1. The average Bonchev–Trinajstić information content (AvgIpc) is 2.89. The third-order valence-electron chi connectivity index (χ3n) is 9.64. The van der Waals surface area contributed by atoms with E-state index in [2.05, 4.69) is 41.5 Å². The van der Waals surface area contributed by atoms with Crippen LogP contribution in [-0.4, -0.2) is 0 Å². The van der Waals surface area contributed by atoms with E-state index in [0.717, 1.165) is 23.7 Å². The lowest BCUT2D eigenvalue weighted by Crippen LogP contribution is -2.19. The third-order valence-corrected chi connectivity index (χ3v) is 9.64. The molecule has 0 saturated heterocycles. The molecule has 0 heteroatoms. The summed E-state index contributed by atoms with van der Waals surface area (Å²) < 4.78 is 0. The molecule has 0 bridgehead atoms.